The molecule has 1 rings (SSSR count). The van der Waals surface area contributed by atoms with Crippen LogP contribution in [0.3, 0.4) is 0 Å². The molecule has 13 heavy (non-hydrogen) atoms. The summed E-state index contributed by atoms with van der Waals surface area (Å²) in [4.78, 5) is 0. The molecule has 0 atom stereocenters. The average molecular weight is 204 g/mol. The smallest absolute Gasteiger partial charge is 0.150 e. The summed E-state index contributed by atoms with van der Waals surface area (Å²) < 4.78 is 25.6. The van der Waals surface area contributed by atoms with Gasteiger partial charge >= 0.3 is 0 Å². The monoisotopic (exact) mass is 203 g/mol. The molecule has 0 saturated heterocycles. The van der Waals surface area contributed by atoms with Gasteiger partial charge < -0.3 is 5.32 Å². The van der Waals surface area contributed by atoms with Crippen LogP contribution in [0.1, 0.15) is 0 Å². The molecule has 70 valence electrons. The van der Waals surface area contributed by atoms with E-state index in [4.69, 9.17) is 11.6 Å². The standard InChI is InChI=1S/C9H8ClF2N/c1-2-3-13-9-7(10)4-6(11)5-8(9)12/h2,4-5,13H,1,3H2. The molecule has 0 heterocycles. The molecule has 0 saturated carbocycles. The molecule has 1 aromatic carbocycles. The number of rotatable bonds is 3. The fourth-order valence-corrected chi connectivity index (χ4v) is 1.15. The van der Waals surface area contributed by atoms with E-state index in [1.54, 1.807) is 6.08 Å². The summed E-state index contributed by atoms with van der Waals surface area (Å²) in [5.74, 6) is -1.39. The third-order valence-corrected chi connectivity index (χ3v) is 1.73. The number of hydrogen-bond acceptors (Lipinski definition) is 1. The second kappa shape index (κ2) is 4.23. The molecule has 0 aliphatic rings. The number of halogens is 3. The largest absolute Gasteiger partial charge is 0.378 e. The minimum Gasteiger partial charge on any atom is -0.378 e. The summed E-state index contributed by atoms with van der Waals surface area (Å²) in [5, 5.41) is 2.69. The molecule has 1 aromatic rings. The predicted molar refractivity (Wildman–Crippen MR) is 50.1 cm³/mol. The van der Waals surface area contributed by atoms with Gasteiger partial charge in [0.25, 0.3) is 0 Å². The maximum Gasteiger partial charge on any atom is 0.150 e. The van der Waals surface area contributed by atoms with Gasteiger partial charge in [0.2, 0.25) is 0 Å². The quantitative estimate of drug-likeness (QED) is 0.744. The predicted octanol–water partition coefficient (Wildman–Crippen LogP) is 3.22. The molecule has 0 spiro atoms. The number of benzene rings is 1. The fourth-order valence-electron chi connectivity index (χ4n) is 0.885. The molecule has 0 aliphatic carbocycles. The number of anilines is 1. The third kappa shape index (κ3) is 2.42. The van der Waals surface area contributed by atoms with E-state index in [-0.39, 0.29) is 10.7 Å². The minimum absolute atomic E-state index is 0.0272. The van der Waals surface area contributed by atoms with Crippen LogP contribution in [0.25, 0.3) is 0 Å². The topological polar surface area (TPSA) is 12.0 Å². The van der Waals surface area contributed by atoms with E-state index in [9.17, 15) is 8.78 Å². The first-order valence-corrected chi connectivity index (χ1v) is 4.02. The van der Waals surface area contributed by atoms with Gasteiger partial charge in [-0.2, -0.15) is 0 Å². The lowest BCUT2D eigenvalue weighted by Gasteiger charge is -2.06. The van der Waals surface area contributed by atoms with Crippen LogP contribution in [0, 0.1) is 11.6 Å². The van der Waals surface area contributed by atoms with E-state index in [2.05, 4.69) is 11.9 Å². The van der Waals surface area contributed by atoms with Crippen molar-refractivity contribution in [2.45, 2.75) is 0 Å². The van der Waals surface area contributed by atoms with Crippen LogP contribution in [0.2, 0.25) is 5.02 Å². The first-order chi connectivity index (χ1) is 6.15. The summed E-state index contributed by atoms with van der Waals surface area (Å²) >= 11 is 5.59. The molecule has 1 N–H and O–H groups in total. The highest BCUT2D eigenvalue weighted by Gasteiger charge is 2.08. The fraction of sp³-hybridized carbons (Fsp3) is 0.111. The van der Waals surface area contributed by atoms with E-state index in [1.165, 1.54) is 0 Å². The zero-order valence-corrected chi connectivity index (χ0v) is 7.54. The Hall–Kier alpha value is -1.09. The maximum absolute atomic E-state index is 13.0. The van der Waals surface area contributed by atoms with Crippen molar-refractivity contribution in [1.29, 1.82) is 0 Å². The Morgan fingerprint density at radius 2 is 2.15 bits per heavy atom. The molecule has 0 unspecified atom stereocenters. The van der Waals surface area contributed by atoms with Crippen molar-refractivity contribution in [1.82, 2.24) is 0 Å². The molecule has 0 radical (unpaired) electrons. The summed E-state index contributed by atoms with van der Waals surface area (Å²) in [7, 11) is 0. The Morgan fingerprint density at radius 3 is 2.69 bits per heavy atom. The van der Waals surface area contributed by atoms with Crippen LogP contribution in [-0.4, -0.2) is 6.54 Å². The molecule has 0 fully saturated rings. The lowest BCUT2D eigenvalue weighted by Crippen LogP contribution is -2.01. The third-order valence-electron chi connectivity index (χ3n) is 1.43. The molecule has 1 nitrogen and oxygen atoms in total. The van der Waals surface area contributed by atoms with Gasteiger partial charge in [0.1, 0.15) is 5.82 Å². The van der Waals surface area contributed by atoms with Gasteiger partial charge in [-0.3, -0.25) is 0 Å². The Bertz CT molecular complexity index is 302. The van der Waals surface area contributed by atoms with E-state index in [1.807, 2.05) is 0 Å². The molecule has 4 heteroatoms. The van der Waals surface area contributed by atoms with Crippen molar-refractivity contribution < 1.29 is 8.78 Å². The Balaban J connectivity index is 2.98. The summed E-state index contributed by atoms with van der Waals surface area (Å²) in [5.41, 5.74) is 0.1000. The number of nitrogens with one attached hydrogen (secondary N) is 1. The maximum atomic E-state index is 13.0. The highest BCUT2D eigenvalue weighted by molar-refractivity contribution is 6.33. The van der Waals surface area contributed by atoms with Gasteiger partial charge in [0.15, 0.2) is 5.82 Å². The van der Waals surface area contributed by atoms with Gasteiger partial charge in [-0.1, -0.05) is 17.7 Å². The molecular formula is C9H8ClF2N. The van der Waals surface area contributed by atoms with Crippen molar-refractivity contribution in [3.8, 4) is 0 Å². The average Bonchev–Trinajstić information content (AvgIpc) is 2.02. The van der Waals surface area contributed by atoms with Gasteiger partial charge in [0, 0.05) is 12.6 Å². The second-order valence-electron chi connectivity index (χ2n) is 2.41. The van der Waals surface area contributed by atoms with Crippen LogP contribution in [0.15, 0.2) is 24.8 Å². The summed E-state index contributed by atoms with van der Waals surface area (Å²) in [6.45, 7) is 3.83. The van der Waals surface area contributed by atoms with Gasteiger partial charge in [0.05, 0.1) is 10.7 Å². The lowest BCUT2D eigenvalue weighted by molar-refractivity contribution is 0.585. The van der Waals surface area contributed by atoms with Crippen LogP contribution < -0.4 is 5.32 Å². The van der Waals surface area contributed by atoms with Crippen LogP contribution in [0.5, 0.6) is 0 Å². The van der Waals surface area contributed by atoms with Crippen molar-refractivity contribution in [3.05, 3.63) is 41.4 Å². The van der Waals surface area contributed by atoms with Gasteiger partial charge in [-0.25, -0.2) is 8.78 Å². The van der Waals surface area contributed by atoms with Crippen LogP contribution in [-0.2, 0) is 0 Å². The van der Waals surface area contributed by atoms with E-state index in [0.29, 0.717) is 6.54 Å². The molecular weight excluding hydrogens is 196 g/mol. The second-order valence-corrected chi connectivity index (χ2v) is 2.82. The highest BCUT2D eigenvalue weighted by atomic mass is 35.5. The highest BCUT2D eigenvalue weighted by Crippen LogP contribution is 2.25. The minimum atomic E-state index is -0.702. The number of hydrogen-bond donors (Lipinski definition) is 1. The summed E-state index contributed by atoms with van der Waals surface area (Å²) in [6, 6.07) is 1.83. The SMILES string of the molecule is C=CCNc1c(F)cc(F)cc1Cl. The molecule has 0 aromatic heterocycles. The summed E-state index contributed by atoms with van der Waals surface area (Å²) in [6.07, 6.45) is 1.55. The normalized spacial score (nSPS) is 9.77. The first-order valence-electron chi connectivity index (χ1n) is 3.64. The Kier molecular flexibility index (Phi) is 3.25. The van der Waals surface area contributed by atoms with E-state index < -0.39 is 11.6 Å². The van der Waals surface area contributed by atoms with Crippen molar-refractivity contribution in [3.63, 3.8) is 0 Å². The Labute approximate surface area is 80.0 Å². The van der Waals surface area contributed by atoms with Crippen LogP contribution >= 0.6 is 11.6 Å². The van der Waals surface area contributed by atoms with Crippen molar-refractivity contribution >= 4 is 17.3 Å². The molecule has 0 amide bonds. The van der Waals surface area contributed by atoms with E-state index in [0.717, 1.165) is 12.1 Å². The van der Waals surface area contributed by atoms with Gasteiger partial charge in [-0.05, 0) is 6.07 Å². The van der Waals surface area contributed by atoms with Crippen molar-refractivity contribution in [2.75, 3.05) is 11.9 Å². The zero-order valence-electron chi connectivity index (χ0n) is 6.78. The van der Waals surface area contributed by atoms with Crippen LogP contribution in [0.4, 0.5) is 14.5 Å². The molecule has 0 bridgehead atoms. The first kappa shape index (κ1) is 9.99. The lowest BCUT2D eigenvalue weighted by atomic mass is 10.3. The van der Waals surface area contributed by atoms with E-state index >= 15 is 0 Å². The molecule has 0 aliphatic heterocycles. The zero-order chi connectivity index (χ0) is 9.84. The van der Waals surface area contributed by atoms with Crippen molar-refractivity contribution in [2.24, 2.45) is 0 Å². The Morgan fingerprint density at radius 1 is 1.46 bits per heavy atom. The van der Waals surface area contributed by atoms with Gasteiger partial charge in [-0.15, -0.1) is 6.58 Å².